The Labute approximate surface area is 98.1 Å². The Hall–Kier alpha value is 0.460. The van der Waals surface area contributed by atoms with Crippen LogP contribution < -0.4 is 5.32 Å². The highest BCUT2D eigenvalue weighted by molar-refractivity contribution is 5.85. The molecule has 2 rings (SSSR count). The minimum atomic E-state index is 0. The van der Waals surface area contributed by atoms with E-state index in [1.807, 2.05) is 0 Å². The van der Waals surface area contributed by atoms with E-state index >= 15 is 0 Å². The molecule has 5 heteroatoms. The second kappa shape index (κ2) is 6.85. The molecular weight excluding hydrogens is 223 g/mol. The molecule has 0 saturated carbocycles. The average Bonchev–Trinajstić information content (AvgIpc) is 2.17. The van der Waals surface area contributed by atoms with Crippen LogP contribution in [0.15, 0.2) is 0 Å². The highest BCUT2D eigenvalue weighted by atomic mass is 35.5. The number of hydrogen-bond acceptors (Lipinski definition) is 3. The van der Waals surface area contributed by atoms with Crippen molar-refractivity contribution >= 4 is 24.8 Å². The number of halogens is 2. The molecule has 86 valence electrons. The lowest BCUT2D eigenvalue weighted by atomic mass is 9.92. The van der Waals surface area contributed by atoms with E-state index < -0.39 is 0 Å². The third-order valence-corrected chi connectivity index (χ3v) is 3.13. The minimum absolute atomic E-state index is 0. The summed E-state index contributed by atoms with van der Waals surface area (Å²) in [5.74, 6) is 0.541. The largest absolute Gasteiger partial charge is 0.396 e. The van der Waals surface area contributed by atoms with Crippen molar-refractivity contribution in [3.63, 3.8) is 0 Å². The van der Waals surface area contributed by atoms with Gasteiger partial charge in [0.1, 0.15) is 0 Å². The topological polar surface area (TPSA) is 35.5 Å². The number of aliphatic hydroxyl groups is 1. The van der Waals surface area contributed by atoms with Gasteiger partial charge < -0.3 is 10.4 Å². The Balaban J connectivity index is 0.000000845. The van der Waals surface area contributed by atoms with E-state index in [0.717, 1.165) is 25.7 Å². The smallest absolute Gasteiger partial charge is 0.0471 e. The molecule has 0 aromatic rings. The molecule has 2 atom stereocenters. The van der Waals surface area contributed by atoms with Gasteiger partial charge in [0, 0.05) is 38.8 Å². The normalized spacial score (nSPS) is 32.4. The maximum Gasteiger partial charge on any atom is 0.0471 e. The van der Waals surface area contributed by atoms with Gasteiger partial charge in [-0.3, -0.25) is 4.90 Å². The average molecular weight is 243 g/mol. The third kappa shape index (κ3) is 3.24. The molecule has 0 amide bonds. The second-order valence-corrected chi connectivity index (χ2v) is 3.98. The zero-order valence-electron chi connectivity index (χ0n) is 8.32. The number of fused-ring (bicyclic) bond motifs is 1. The summed E-state index contributed by atoms with van der Waals surface area (Å²) in [4.78, 5) is 2.53. The lowest BCUT2D eigenvalue weighted by Gasteiger charge is -2.42. The van der Waals surface area contributed by atoms with Crippen molar-refractivity contribution < 1.29 is 5.11 Å². The quantitative estimate of drug-likeness (QED) is 0.704. The monoisotopic (exact) mass is 242 g/mol. The number of nitrogens with zero attached hydrogens (tertiary/aromatic N) is 1. The summed E-state index contributed by atoms with van der Waals surface area (Å²) in [5.41, 5.74) is 0. The van der Waals surface area contributed by atoms with Crippen molar-refractivity contribution in [3.8, 4) is 0 Å². The van der Waals surface area contributed by atoms with Crippen molar-refractivity contribution in [2.75, 3.05) is 32.8 Å². The predicted molar refractivity (Wildman–Crippen MR) is 62.5 cm³/mol. The minimum Gasteiger partial charge on any atom is -0.396 e. The van der Waals surface area contributed by atoms with Crippen molar-refractivity contribution in [2.45, 2.75) is 18.9 Å². The highest BCUT2D eigenvalue weighted by Crippen LogP contribution is 2.22. The summed E-state index contributed by atoms with van der Waals surface area (Å²) >= 11 is 0. The maximum absolute atomic E-state index is 9.04. The van der Waals surface area contributed by atoms with Crippen LogP contribution in [0.5, 0.6) is 0 Å². The fourth-order valence-corrected chi connectivity index (χ4v) is 2.33. The molecule has 2 fully saturated rings. The molecule has 0 aliphatic carbocycles. The molecule has 2 aliphatic rings. The lowest BCUT2D eigenvalue weighted by Crippen LogP contribution is -2.55. The van der Waals surface area contributed by atoms with Gasteiger partial charge in [-0.05, 0) is 18.8 Å². The summed E-state index contributed by atoms with van der Waals surface area (Å²) < 4.78 is 0. The Kier molecular flexibility index (Phi) is 7.08. The Morgan fingerprint density at radius 1 is 1.29 bits per heavy atom. The van der Waals surface area contributed by atoms with Crippen LogP contribution in [-0.4, -0.2) is 48.8 Å². The van der Waals surface area contributed by atoms with Crippen LogP contribution in [0.4, 0.5) is 0 Å². The molecular formula is C9H20Cl2N2O. The van der Waals surface area contributed by atoms with Crippen LogP contribution in [0, 0.1) is 5.92 Å². The molecule has 0 aromatic heterocycles. The Morgan fingerprint density at radius 2 is 2.07 bits per heavy atom. The van der Waals surface area contributed by atoms with E-state index in [1.54, 1.807) is 0 Å². The zero-order valence-corrected chi connectivity index (χ0v) is 9.95. The van der Waals surface area contributed by atoms with Crippen LogP contribution in [0.1, 0.15) is 12.8 Å². The van der Waals surface area contributed by atoms with Crippen LogP contribution in [0.3, 0.4) is 0 Å². The summed E-state index contributed by atoms with van der Waals surface area (Å²) in [6.07, 6.45) is 2.47. The number of piperidine rings is 1. The van der Waals surface area contributed by atoms with Crippen molar-refractivity contribution in [1.82, 2.24) is 10.2 Å². The molecule has 0 spiro atoms. The third-order valence-electron chi connectivity index (χ3n) is 3.13. The Morgan fingerprint density at radius 3 is 2.79 bits per heavy atom. The van der Waals surface area contributed by atoms with Gasteiger partial charge in [-0.15, -0.1) is 24.8 Å². The van der Waals surface area contributed by atoms with Crippen LogP contribution in [-0.2, 0) is 0 Å². The number of rotatable bonds is 1. The molecule has 2 heterocycles. The standard InChI is InChI=1S/C9H18N2O.2ClH/c12-7-8-1-2-9-5-10-3-4-11(9)6-8;;/h8-10,12H,1-7H2;2*1H/t8-,9-;;/m0../s1. The van der Waals surface area contributed by atoms with Crippen LogP contribution >= 0.6 is 24.8 Å². The van der Waals surface area contributed by atoms with E-state index in [9.17, 15) is 0 Å². The summed E-state index contributed by atoms with van der Waals surface area (Å²) in [5, 5.41) is 12.5. The molecule has 2 N–H and O–H groups in total. The molecule has 2 aliphatic heterocycles. The number of aliphatic hydroxyl groups excluding tert-OH is 1. The number of hydrogen-bond donors (Lipinski definition) is 2. The highest BCUT2D eigenvalue weighted by Gasteiger charge is 2.29. The van der Waals surface area contributed by atoms with E-state index in [1.165, 1.54) is 19.4 Å². The summed E-state index contributed by atoms with van der Waals surface area (Å²) in [7, 11) is 0. The summed E-state index contributed by atoms with van der Waals surface area (Å²) in [6.45, 7) is 4.92. The van der Waals surface area contributed by atoms with Gasteiger partial charge in [0.25, 0.3) is 0 Å². The molecule has 14 heavy (non-hydrogen) atoms. The fraction of sp³-hybridized carbons (Fsp3) is 1.00. The molecule has 0 aromatic carbocycles. The predicted octanol–water partition coefficient (Wildman–Crippen LogP) is 0.506. The van der Waals surface area contributed by atoms with E-state index in [2.05, 4.69) is 10.2 Å². The molecule has 0 bridgehead atoms. The second-order valence-electron chi connectivity index (χ2n) is 3.98. The molecule has 2 saturated heterocycles. The first-order valence-corrected chi connectivity index (χ1v) is 4.96. The van der Waals surface area contributed by atoms with Gasteiger partial charge >= 0.3 is 0 Å². The first kappa shape index (κ1) is 14.5. The summed E-state index contributed by atoms with van der Waals surface area (Å²) in [6, 6.07) is 0.751. The van der Waals surface area contributed by atoms with Crippen LogP contribution in [0.25, 0.3) is 0 Å². The zero-order chi connectivity index (χ0) is 8.39. The van der Waals surface area contributed by atoms with Crippen molar-refractivity contribution in [1.29, 1.82) is 0 Å². The molecule has 0 unspecified atom stereocenters. The van der Waals surface area contributed by atoms with E-state index in [-0.39, 0.29) is 24.8 Å². The van der Waals surface area contributed by atoms with Gasteiger partial charge in [-0.2, -0.15) is 0 Å². The lowest BCUT2D eigenvalue weighted by molar-refractivity contribution is 0.0599. The van der Waals surface area contributed by atoms with E-state index in [4.69, 9.17) is 5.11 Å². The maximum atomic E-state index is 9.04. The number of piperazine rings is 1. The molecule has 0 radical (unpaired) electrons. The van der Waals surface area contributed by atoms with Gasteiger partial charge in [-0.25, -0.2) is 0 Å². The fourth-order valence-electron chi connectivity index (χ4n) is 2.33. The van der Waals surface area contributed by atoms with Gasteiger partial charge in [0.15, 0.2) is 0 Å². The van der Waals surface area contributed by atoms with Crippen molar-refractivity contribution in [3.05, 3.63) is 0 Å². The Bertz CT molecular complexity index is 160. The number of nitrogens with one attached hydrogen (secondary N) is 1. The van der Waals surface area contributed by atoms with Crippen molar-refractivity contribution in [2.24, 2.45) is 5.92 Å². The van der Waals surface area contributed by atoms with E-state index in [0.29, 0.717) is 12.5 Å². The van der Waals surface area contributed by atoms with Gasteiger partial charge in [0.2, 0.25) is 0 Å². The first-order chi connectivity index (χ1) is 5.90. The van der Waals surface area contributed by atoms with Gasteiger partial charge in [0.05, 0.1) is 0 Å². The SMILES string of the molecule is Cl.Cl.OC[C@H]1CC[C@H]2CNCCN2C1. The first-order valence-electron chi connectivity index (χ1n) is 4.96. The van der Waals surface area contributed by atoms with Gasteiger partial charge in [-0.1, -0.05) is 0 Å². The van der Waals surface area contributed by atoms with Crippen LogP contribution in [0.2, 0.25) is 0 Å². The molecule has 3 nitrogen and oxygen atoms in total.